The maximum atomic E-state index is 6.73. The summed E-state index contributed by atoms with van der Waals surface area (Å²) in [7, 11) is 1.71. The second-order valence-electron chi connectivity index (χ2n) is 11.4. The molecule has 8 heteroatoms. The first-order valence-corrected chi connectivity index (χ1v) is 17.5. The van der Waals surface area contributed by atoms with Crippen LogP contribution < -0.4 is 19.6 Å². The first-order chi connectivity index (χ1) is 22.5. The van der Waals surface area contributed by atoms with Gasteiger partial charge in [0.05, 0.1) is 19.4 Å². The van der Waals surface area contributed by atoms with Crippen molar-refractivity contribution in [1.29, 1.82) is 0 Å². The number of methoxy groups -OCH3 is 1. The molecule has 0 saturated carbocycles. The quantitative estimate of drug-likeness (QED) is 0.104. The summed E-state index contributed by atoms with van der Waals surface area (Å²) in [6.45, 7) is 14.5. The predicted octanol–water partition coefficient (Wildman–Crippen LogP) is 7.11. The number of rotatable bonds is 8. The summed E-state index contributed by atoms with van der Waals surface area (Å²) in [4.78, 5) is 2.34. The van der Waals surface area contributed by atoms with Gasteiger partial charge in [-0.3, -0.25) is 0 Å². The molecule has 0 saturated heterocycles. The highest BCUT2D eigenvalue weighted by Gasteiger charge is 2.24. The van der Waals surface area contributed by atoms with Gasteiger partial charge in [0.15, 0.2) is 0 Å². The number of hydrogen-bond acceptors (Lipinski definition) is 6. The van der Waals surface area contributed by atoms with E-state index in [2.05, 4.69) is 121 Å². The average molecular weight is 629 g/mol. The maximum absolute atomic E-state index is 6.73. The molecule has 0 fully saturated rings. The van der Waals surface area contributed by atoms with Gasteiger partial charge in [-0.15, -0.1) is 5.10 Å². The Hall–Kier alpha value is -4.38. The van der Waals surface area contributed by atoms with Crippen LogP contribution in [0.4, 0.5) is 5.69 Å². The zero-order valence-electron chi connectivity index (χ0n) is 27.6. The summed E-state index contributed by atoms with van der Waals surface area (Å²) in [6.07, 6.45) is 1.82. The van der Waals surface area contributed by atoms with E-state index in [1.807, 2.05) is 12.3 Å². The Morgan fingerprint density at radius 3 is 2.41 bits per heavy atom. The molecule has 6 rings (SSSR count). The molecule has 0 unspecified atom stereocenters. The van der Waals surface area contributed by atoms with E-state index in [0.29, 0.717) is 5.90 Å². The van der Waals surface area contributed by atoms with Crippen molar-refractivity contribution in [3.8, 4) is 28.2 Å². The Bertz CT molecular complexity index is 1980. The minimum atomic E-state index is -0.455. The monoisotopic (exact) mass is 628 g/mol. The van der Waals surface area contributed by atoms with Crippen LogP contribution in [0.3, 0.4) is 0 Å². The van der Waals surface area contributed by atoms with Gasteiger partial charge in [-0.25, -0.2) is 4.58 Å². The fraction of sp³-hybridized carbons (Fsp3) is 0.289. The molecule has 0 spiro atoms. The highest BCUT2D eigenvalue weighted by Crippen LogP contribution is 2.42. The van der Waals surface area contributed by atoms with Crippen LogP contribution in [-0.4, -0.2) is 61.0 Å². The Morgan fingerprint density at radius 2 is 1.67 bits per heavy atom. The molecule has 0 aromatic heterocycles. The van der Waals surface area contributed by atoms with Crippen LogP contribution in [0.5, 0.6) is 5.75 Å². The standard InChI is InChI=1S/C38H41N4O3.Al/c1-8-41(9-2)28-16-18-32-35(22-28)45-36-23-29(42(10-3)11-4)17-19-33(36)37(32)30-14-12-13-15-31(30)38(43)40-39-24-27-20-25(5)21-34(44-7)26(27)6;/h12-24H,6,8-11H2,1-5,7H3;/q;+1. The largest absolute Gasteiger partial charge is 0.632 e. The predicted molar refractivity (Wildman–Crippen MR) is 191 cm³/mol. The van der Waals surface area contributed by atoms with Crippen LogP contribution in [-0.2, 0) is 9.07 Å². The molecule has 2 heterocycles. The van der Waals surface area contributed by atoms with Crippen molar-refractivity contribution in [2.45, 2.75) is 39.9 Å². The number of aryl methyl sites for hydroxylation is 1. The maximum Gasteiger partial charge on any atom is 0.529 e. The normalized spacial score (nSPS) is 12.8. The Labute approximate surface area is 277 Å². The van der Waals surface area contributed by atoms with Gasteiger partial charge < -0.3 is 17.8 Å². The lowest BCUT2D eigenvalue weighted by Crippen LogP contribution is -2.29. The van der Waals surface area contributed by atoms with E-state index in [1.165, 1.54) is 0 Å². The molecule has 0 atom stereocenters. The summed E-state index contributed by atoms with van der Waals surface area (Å²) in [5, 5.41) is 12.1. The number of hydrogen-bond donors (Lipinski definition) is 0. The van der Waals surface area contributed by atoms with Crippen molar-refractivity contribution in [3.05, 3.63) is 100 Å². The highest BCUT2D eigenvalue weighted by atomic mass is 27.1. The zero-order valence-corrected chi connectivity index (χ0v) is 28.8. The molecule has 3 aromatic rings. The fourth-order valence-electron chi connectivity index (χ4n) is 6.43. The van der Waals surface area contributed by atoms with Crippen molar-refractivity contribution in [1.82, 2.24) is 4.58 Å². The zero-order chi connectivity index (χ0) is 32.2. The van der Waals surface area contributed by atoms with Crippen molar-refractivity contribution in [2.75, 3.05) is 38.2 Å². The molecule has 3 aliphatic rings. The molecule has 1 aliphatic carbocycles. The van der Waals surface area contributed by atoms with Gasteiger partial charge in [0.25, 0.3) is 0 Å². The summed E-state index contributed by atoms with van der Waals surface area (Å²) in [5.74, 6) is 2.23. The second-order valence-corrected chi connectivity index (χ2v) is 12.4. The Morgan fingerprint density at radius 1 is 0.891 bits per heavy atom. The van der Waals surface area contributed by atoms with Crippen molar-refractivity contribution in [3.63, 3.8) is 0 Å². The van der Waals surface area contributed by atoms with E-state index in [9.17, 15) is 0 Å². The Balaban J connectivity index is 1.57. The van der Waals surface area contributed by atoms with Crippen molar-refractivity contribution in [2.24, 2.45) is 10.2 Å². The van der Waals surface area contributed by atoms with Crippen LogP contribution in [0, 0.1) is 6.92 Å². The van der Waals surface area contributed by atoms with Crippen LogP contribution in [0.25, 0.3) is 33.4 Å². The van der Waals surface area contributed by atoms with Crippen LogP contribution in [0.2, 0.25) is 0 Å². The minimum absolute atomic E-state index is 0.455. The summed E-state index contributed by atoms with van der Waals surface area (Å²) < 4.78 is 21.3. The third-order valence-corrected chi connectivity index (χ3v) is 9.77. The molecule has 1 radical (unpaired) electrons. The molecule has 7 nitrogen and oxygen atoms in total. The smallest absolute Gasteiger partial charge is 0.529 e. The third-order valence-electron chi connectivity index (χ3n) is 8.81. The molecule has 46 heavy (non-hydrogen) atoms. The van der Waals surface area contributed by atoms with Crippen LogP contribution >= 0.6 is 0 Å². The number of fused-ring (bicyclic) bond motifs is 3. The number of ether oxygens (including phenoxy) is 1. The molecular formula is C38H41AlN4O3+. The van der Waals surface area contributed by atoms with Gasteiger partial charge in [-0.2, -0.15) is 5.10 Å². The van der Waals surface area contributed by atoms with Gasteiger partial charge in [-0.1, -0.05) is 18.2 Å². The van der Waals surface area contributed by atoms with E-state index in [4.69, 9.17) is 12.9 Å². The molecule has 0 bridgehead atoms. The van der Waals surface area contributed by atoms with Gasteiger partial charge >= 0.3 is 15.6 Å². The molecule has 0 N–H and O–H groups in total. The molecule has 233 valence electrons. The van der Waals surface area contributed by atoms with Gasteiger partial charge in [-0.05, 0) is 93.0 Å². The van der Waals surface area contributed by atoms with Crippen molar-refractivity contribution < 1.29 is 12.9 Å². The fourth-order valence-corrected chi connectivity index (χ4v) is 7.45. The van der Waals surface area contributed by atoms with Crippen LogP contribution in [0.1, 0.15) is 49.9 Å². The van der Waals surface area contributed by atoms with E-state index in [1.54, 1.807) is 7.11 Å². The molecular weight excluding hydrogens is 587 g/mol. The van der Waals surface area contributed by atoms with Gasteiger partial charge in [0.1, 0.15) is 30.2 Å². The number of nitrogens with zero attached hydrogens (tertiary/aromatic N) is 4. The number of benzene rings is 4. The topological polar surface area (TPSA) is 62.6 Å². The summed E-state index contributed by atoms with van der Waals surface area (Å²) >= 11 is -0.455. The molecule has 0 amide bonds. The second kappa shape index (κ2) is 13.9. The van der Waals surface area contributed by atoms with E-state index in [-0.39, 0.29) is 0 Å². The van der Waals surface area contributed by atoms with Crippen LogP contribution in [0.15, 0.2) is 87.4 Å². The lowest BCUT2D eigenvalue weighted by Gasteiger charge is -2.23. The minimum Gasteiger partial charge on any atom is -0.632 e. The van der Waals surface area contributed by atoms with E-state index >= 15 is 0 Å². The Kier molecular flexibility index (Phi) is 9.58. The SMILES string of the molecule is CCN(CC)c1ccc2c(-c3ccccc3C3=NN=Cc4cc(C)cc(OC)c4[CH2][Al][O]3)c3ccc(=[N+](CC)CC)cc-3oc2c1. The molecule has 2 aliphatic heterocycles. The van der Waals surface area contributed by atoms with Gasteiger partial charge in [0, 0.05) is 58.5 Å². The number of anilines is 1. The summed E-state index contributed by atoms with van der Waals surface area (Å²) in [5.41, 5.74) is 9.28. The highest BCUT2D eigenvalue weighted by molar-refractivity contribution is 6.32. The first kappa shape index (κ1) is 31.6. The summed E-state index contributed by atoms with van der Waals surface area (Å²) in [6, 6.07) is 25.7. The lowest BCUT2D eigenvalue weighted by atomic mass is 9.90. The van der Waals surface area contributed by atoms with Gasteiger partial charge in [0.2, 0.25) is 11.3 Å². The van der Waals surface area contributed by atoms with Crippen molar-refractivity contribution >= 4 is 44.3 Å². The average Bonchev–Trinajstić information content (AvgIpc) is 3.18. The first-order valence-electron chi connectivity index (χ1n) is 16.2. The lowest BCUT2D eigenvalue weighted by molar-refractivity contribution is 0.410. The van der Waals surface area contributed by atoms with E-state index in [0.717, 1.165) is 104 Å². The van der Waals surface area contributed by atoms with E-state index < -0.39 is 15.6 Å². The third kappa shape index (κ3) is 6.08. The molecule has 3 aromatic carbocycles.